The normalized spacial score (nSPS) is 51.0. The SMILES string of the molecule is CC12CCNCC1C2Br.Cl. The van der Waals surface area contributed by atoms with Gasteiger partial charge in [0, 0.05) is 4.83 Å². The van der Waals surface area contributed by atoms with Crippen LogP contribution in [-0.4, -0.2) is 17.9 Å². The first-order valence-corrected chi connectivity index (χ1v) is 4.51. The van der Waals surface area contributed by atoms with Gasteiger partial charge in [-0.3, -0.25) is 0 Å². The van der Waals surface area contributed by atoms with Crippen LogP contribution in [0.25, 0.3) is 0 Å². The zero-order valence-corrected chi connectivity index (χ0v) is 8.46. The van der Waals surface area contributed by atoms with Crippen molar-refractivity contribution in [2.24, 2.45) is 11.3 Å². The maximum atomic E-state index is 3.69. The monoisotopic (exact) mass is 225 g/mol. The van der Waals surface area contributed by atoms with Gasteiger partial charge in [0.15, 0.2) is 0 Å². The lowest BCUT2D eigenvalue weighted by Gasteiger charge is -2.16. The maximum absolute atomic E-state index is 3.69. The third kappa shape index (κ3) is 1.01. The van der Waals surface area contributed by atoms with E-state index in [0.717, 1.165) is 10.7 Å². The number of fused-ring (bicyclic) bond motifs is 1. The van der Waals surface area contributed by atoms with E-state index in [0.29, 0.717) is 5.41 Å². The molecule has 1 aliphatic carbocycles. The smallest absolute Gasteiger partial charge is 0.0249 e. The third-order valence-electron chi connectivity index (χ3n) is 2.93. The van der Waals surface area contributed by atoms with E-state index in [1.165, 1.54) is 19.5 Å². The van der Waals surface area contributed by atoms with Gasteiger partial charge in [-0.1, -0.05) is 22.9 Å². The number of rotatable bonds is 0. The largest absolute Gasteiger partial charge is 0.316 e. The first kappa shape index (κ1) is 8.82. The highest BCUT2D eigenvalue weighted by Gasteiger charge is 2.60. The molecule has 3 atom stereocenters. The predicted octanol–water partition coefficient (Wildman–Crippen LogP) is 1.80. The first-order valence-electron chi connectivity index (χ1n) is 3.60. The van der Waals surface area contributed by atoms with Crippen LogP contribution in [-0.2, 0) is 0 Å². The average Bonchev–Trinajstić information content (AvgIpc) is 2.38. The third-order valence-corrected chi connectivity index (χ3v) is 4.61. The van der Waals surface area contributed by atoms with Crippen LogP contribution in [0.4, 0.5) is 0 Å². The lowest BCUT2D eigenvalue weighted by atomic mass is 9.99. The fourth-order valence-electron chi connectivity index (χ4n) is 1.88. The zero-order valence-electron chi connectivity index (χ0n) is 6.06. The summed E-state index contributed by atoms with van der Waals surface area (Å²) in [6.45, 7) is 4.83. The van der Waals surface area contributed by atoms with E-state index in [4.69, 9.17) is 0 Å². The Labute approximate surface area is 76.5 Å². The van der Waals surface area contributed by atoms with Crippen molar-refractivity contribution in [3.8, 4) is 0 Å². The fraction of sp³-hybridized carbons (Fsp3) is 1.00. The molecule has 1 saturated heterocycles. The van der Waals surface area contributed by atoms with Crippen LogP contribution in [0.3, 0.4) is 0 Å². The van der Waals surface area contributed by atoms with E-state index in [1.807, 2.05) is 0 Å². The summed E-state index contributed by atoms with van der Waals surface area (Å²) < 4.78 is 0. The second kappa shape index (κ2) is 2.65. The minimum atomic E-state index is 0. The number of nitrogens with one attached hydrogen (secondary N) is 1. The van der Waals surface area contributed by atoms with E-state index >= 15 is 0 Å². The summed E-state index contributed by atoms with van der Waals surface area (Å²) >= 11 is 3.69. The Bertz CT molecular complexity index is 142. The minimum absolute atomic E-state index is 0. The van der Waals surface area contributed by atoms with E-state index < -0.39 is 0 Å². The molecular formula is C7H13BrClN. The van der Waals surface area contributed by atoms with Gasteiger partial charge in [0.05, 0.1) is 0 Å². The van der Waals surface area contributed by atoms with Crippen LogP contribution < -0.4 is 5.32 Å². The highest BCUT2D eigenvalue weighted by Crippen LogP contribution is 2.60. The highest BCUT2D eigenvalue weighted by atomic mass is 79.9. The predicted molar refractivity (Wildman–Crippen MR) is 49.0 cm³/mol. The molecule has 3 heteroatoms. The van der Waals surface area contributed by atoms with E-state index in [9.17, 15) is 0 Å². The Balaban J connectivity index is 0.000000500. The van der Waals surface area contributed by atoms with Crippen molar-refractivity contribution in [1.29, 1.82) is 0 Å². The molecule has 0 radical (unpaired) electrons. The van der Waals surface area contributed by atoms with Gasteiger partial charge >= 0.3 is 0 Å². The molecule has 0 aromatic heterocycles. The molecule has 1 nitrogen and oxygen atoms in total. The quantitative estimate of drug-likeness (QED) is 0.621. The lowest BCUT2D eigenvalue weighted by Crippen LogP contribution is -2.27. The topological polar surface area (TPSA) is 12.0 Å². The van der Waals surface area contributed by atoms with Gasteiger partial charge in [0.25, 0.3) is 0 Å². The standard InChI is InChI=1S/C7H12BrN.ClH/c1-7-2-3-9-4-5(7)6(7)8;/h5-6,9H,2-4H2,1H3;1H. The van der Waals surface area contributed by atoms with Crippen molar-refractivity contribution >= 4 is 28.3 Å². The van der Waals surface area contributed by atoms with Crippen LogP contribution in [0.1, 0.15) is 13.3 Å². The molecule has 0 amide bonds. The Hall–Kier alpha value is 0.730. The fourth-order valence-corrected chi connectivity index (χ4v) is 3.08. The molecule has 0 aromatic rings. The summed E-state index contributed by atoms with van der Waals surface area (Å²) in [5, 5.41) is 3.40. The summed E-state index contributed by atoms with van der Waals surface area (Å²) in [5.41, 5.74) is 0.658. The van der Waals surface area contributed by atoms with Crippen LogP contribution in [0.15, 0.2) is 0 Å². The molecule has 1 saturated carbocycles. The molecule has 2 fully saturated rings. The highest BCUT2D eigenvalue weighted by molar-refractivity contribution is 9.09. The summed E-state index contributed by atoms with van der Waals surface area (Å²) in [4.78, 5) is 0.806. The molecule has 1 N–H and O–H groups in total. The molecule has 1 aliphatic heterocycles. The van der Waals surface area contributed by atoms with Gasteiger partial charge in [0.1, 0.15) is 0 Å². The number of hydrogen-bond acceptors (Lipinski definition) is 1. The molecule has 2 aliphatic rings. The van der Waals surface area contributed by atoms with Gasteiger partial charge in [-0.2, -0.15) is 0 Å². The summed E-state index contributed by atoms with van der Waals surface area (Å²) in [7, 11) is 0. The van der Waals surface area contributed by atoms with Crippen molar-refractivity contribution in [2.75, 3.05) is 13.1 Å². The number of hydrogen-bond donors (Lipinski definition) is 1. The summed E-state index contributed by atoms with van der Waals surface area (Å²) in [5.74, 6) is 0.922. The molecular weight excluding hydrogens is 213 g/mol. The van der Waals surface area contributed by atoms with Crippen molar-refractivity contribution in [3.63, 3.8) is 0 Å². The summed E-state index contributed by atoms with van der Waals surface area (Å²) in [6.07, 6.45) is 1.35. The van der Waals surface area contributed by atoms with E-state index in [1.54, 1.807) is 0 Å². The molecule has 10 heavy (non-hydrogen) atoms. The van der Waals surface area contributed by atoms with Crippen molar-refractivity contribution in [1.82, 2.24) is 5.32 Å². The minimum Gasteiger partial charge on any atom is -0.316 e. The van der Waals surface area contributed by atoms with Crippen LogP contribution in [0, 0.1) is 11.3 Å². The molecule has 3 unspecified atom stereocenters. The Morgan fingerprint density at radius 1 is 1.60 bits per heavy atom. The molecule has 1 heterocycles. The average molecular weight is 227 g/mol. The van der Waals surface area contributed by atoms with Crippen molar-refractivity contribution < 1.29 is 0 Å². The molecule has 2 rings (SSSR count). The number of alkyl halides is 1. The van der Waals surface area contributed by atoms with Crippen LogP contribution >= 0.6 is 28.3 Å². The van der Waals surface area contributed by atoms with E-state index in [-0.39, 0.29) is 12.4 Å². The van der Waals surface area contributed by atoms with Crippen LogP contribution in [0.2, 0.25) is 0 Å². The van der Waals surface area contributed by atoms with Gasteiger partial charge in [0.2, 0.25) is 0 Å². The van der Waals surface area contributed by atoms with Gasteiger partial charge in [-0.05, 0) is 30.8 Å². The Morgan fingerprint density at radius 2 is 2.30 bits per heavy atom. The Kier molecular flexibility index (Phi) is 2.34. The van der Waals surface area contributed by atoms with Gasteiger partial charge < -0.3 is 5.32 Å². The molecule has 0 aromatic carbocycles. The Morgan fingerprint density at radius 3 is 2.70 bits per heavy atom. The number of halogens is 2. The maximum Gasteiger partial charge on any atom is 0.0249 e. The second-order valence-corrected chi connectivity index (χ2v) is 4.45. The van der Waals surface area contributed by atoms with E-state index in [2.05, 4.69) is 28.2 Å². The first-order chi connectivity index (χ1) is 4.25. The molecule has 60 valence electrons. The molecule has 0 bridgehead atoms. The van der Waals surface area contributed by atoms with Crippen molar-refractivity contribution in [3.05, 3.63) is 0 Å². The van der Waals surface area contributed by atoms with Crippen molar-refractivity contribution in [2.45, 2.75) is 18.2 Å². The van der Waals surface area contributed by atoms with Gasteiger partial charge in [-0.25, -0.2) is 0 Å². The summed E-state index contributed by atoms with van der Waals surface area (Å²) in [6, 6.07) is 0. The lowest BCUT2D eigenvalue weighted by molar-refractivity contribution is 0.383. The molecule has 0 spiro atoms. The van der Waals surface area contributed by atoms with Gasteiger partial charge in [-0.15, -0.1) is 12.4 Å². The van der Waals surface area contributed by atoms with Crippen LogP contribution in [0.5, 0.6) is 0 Å². The second-order valence-electron chi connectivity index (χ2n) is 3.47. The number of piperidine rings is 1. The zero-order chi connectivity index (χ0) is 6.48.